The Bertz CT molecular complexity index is 329. The van der Waals surface area contributed by atoms with Crippen molar-refractivity contribution in [2.75, 3.05) is 19.7 Å². The van der Waals surface area contributed by atoms with Gasteiger partial charge in [0.05, 0.1) is 5.60 Å². The van der Waals surface area contributed by atoms with E-state index in [1.165, 1.54) is 19.4 Å². The summed E-state index contributed by atoms with van der Waals surface area (Å²) in [6, 6.07) is 1.34. The zero-order valence-electron chi connectivity index (χ0n) is 14.3. The second kappa shape index (κ2) is 5.94. The Labute approximate surface area is 125 Å². The van der Waals surface area contributed by atoms with Gasteiger partial charge in [-0.25, -0.2) is 0 Å². The molecule has 0 bridgehead atoms. The maximum Gasteiger partial charge on any atom is 0.0641 e. The molecule has 2 fully saturated rings. The molecular formula is C17H34N2O. The number of hydrogen-bond donors (Lipinski definition) is 1. The van der Waals surface area contributed by atoms with E-state index in [2.05, 4.69) is 51.8 Å². The summed E-state index contributed by atoms with van der Waals surface area (Å²) in [6.07, 6.45) is 3.55. The van der Waals surface area contributed by atoms with Crippen molar-refractivity contribution in [2.45, 2.75) is 84.0 Å². The molecule has 2 rings (SSSR count). The molecule has 1 N–H and O–H groups in total. The molecular weight excluding hydrogens is 248 g/mol. The third-order valence-corrected chi connectivity index (χ3v) is 5.39. The van der Waals surface area contributed by atoms with Crippen LogP contribution in [0.15, 0.2) is 0 Å². The summed E-state index contributed by atoms with van der Waals surface area (Å²) in [7, 11) is 0. The van der Waals surface area contributed by atoms with E-state index in [0.29, 0.717) is 18.0 Å². The maximum absolute atomic E-state index is 5.92. The van der Waals surface area contributed by atoms with Crippen molar-refractivity contribution in [2.24, 2.45) is 5.92 Å². The average Bonchev–Trinajstić information content (AvgIpc) is 2.37. The fourth-order valence-corrected chi connectivity index (χ4v) is 3.78. The van der Waals surface area contributed by atoms with Crippen LogP contribution in [0.25, 0.3) is 0 Å². The second-order valence-corrected chi connectivity index (χ2v) is 8.03. The molecule has 0 radical (unpaired) electrons. The van der Waals surface area contributed by atoms with E-state index >= 15 is 0 Å². The van der Waals surface area contributed by atoms with Gasteiger partial charge in [-0.05, 0) is 46.0 Å². The van der Waals surface area contributed by atoms with Gasteiger partial charge in [-0.1, -0.05) is 20.8 Å². The minimum Gasteiger partial charge on any atom is -0.375 e. The zero-order valence-corrected chi connectivity index (χ0v) is 14.3. The third kappa shape index (κ3) is 3.55. The Morgan fingerprint density at radius 3 is 2.55 bits per heavy atom. The molecule has 0 saturated carbocycles. The summed E-state index contributed by atoms with van der Waals surface area (Å²) in [5.41, 5.74) is 0.311. The quantitative estimate of drug-likeness (QED) is 0.861. The van der Waals surface area contributed by atoms with Gasteiger partial charge < -0.3 is 10.1 Å². The van der Waals surface area contributed by atoms with Gasteiger partial charge in [0.1, 0.15) is 0 Å². The van der Waals surface area contributed by atoms with Crippen molar-refractivity contribution < 1.29 is 4.74 Å². The zero-order chi connectivity index (χ0) is 15.0. The SMILES string of the molecule is CCC1(C)CN(C2CCOC(C)(C)C2)C(C(C)C)CN1. The van der Waals surface area contributed by atoms with E-state index in [-0.39, 0.29) is 11.1 Å². The van der Waals surface area contributed by atoms with Crippen LogP contribution in [0.3, 0.4) is 0 Å². The normalized spacial score (nSPS) is 39.1. The highest BCUT2D eigenvalue weighted by molar-refractivity contribution is 4.99. The van der Waals surface area contributed by atoms with Gasteiger partial charge in [0, 0.05) is 37.3 Å². The molecule has 0 aromatic heterocycles. The van der Waals surface area contributed by atoms with Crippen molar-refractivity contribution in [3.8, 4) is 0 Å². The lowest BCUT2D eigenvalue weighted by molar-refractivity contribution is -0.102. The molecule has 3 heteroatoms. The molecule has 2 aliphatic rings. The minimum absolute atomic E-state index is 0.0396. The molecule has 118 valence electrons. The van der Waals surface area contributed by atoms with Crippen LogP contribution in [-0.2, 0) is 4.74 Å². The van der Waals surface area contributed by atoms with E-state index in [1.807, 2.05) is 0 Å². The van der Waals surface area contributed by atoms with Gasteiger partial charge in [-0.15, -0.1) is 0 Å². The van der Waals surface area contributed by atoms with Crippen LogP contribution >= 0.6 is 0 Å². The van der Waals surface area contributed by atoms with Crippen LogP contribution in [0.4, 0.5) is 0 Å². The van der Waals surface area contributed by atoms with E-state index in [9.17, 15) is 0 Å². The molecule has 0 amide bonds. The molecule has 0 aromatic carbocycles. The highest BCUT2D eigenvalue weighted by Gasteiger charge is 2.41. The highest BCUT2D eigenvalue weighted by Crippen LogP contribution is 2.33. The predicted molar refractivity (Wildman–Crippen MR) is 85.1 cm³/mol. The van der Waals surface area contributed by atoms with Gasteiger partial charge >= 0.3 is 0 Å². The smallest absolute Gasteiger partial charge is 0.0641 e. The molecule has 0 aliphatic carbocycles. The fourth-order valence-electron chi connectivity index (χ4n) is 3.78. The van der Waals surface area contributed by atoms with Crippen LogP contribution < -0.4 is 5.32 Å². The van der Waals surface area contributed by atoms with Crippen molar-refractivity contribution in [1.82, 2.24) is 10.2 Å². The van der Waals surface area contributed by atoms with Crippen molar-refractivity contribution in [3.05, 3.63) is 0 Å². The molecule has 3 atom stereocenters. The number of nitrogens with one attached hydrogen (secondary N) is 1. The number of nitrogens with zero attached hydrogens (tertiary/aromatic N) is 1. The van der Waals surface area contributed by atoms with Crippen LogP contribution in [0.2, 0.25) is 0 Å². The van der Waals surface area contributed by atoms with E-state index < -0.39 is 0 Å². The summed E-state index contributed by atoms with van der Waals surface area (Å²) in [5.74, 6) is 0.704. The van der Waals surface area contributed by atoms with Gasteiger partial charge in [0.2, 0.25) is 0 Å². The standard InChI is InChI=1S/C17H34N2O/c1-7-17(6)12-19(15(11-18-17)13(2)3)14-8-9-20-16(4,5)10-14/h13-15,18H,7-12H2,1-6H3. The first-order valence-electron chi connectivity index (χ1n) is 8.41. The Morgan fingerprint density at radius 1 is 1.30 bits per heavy atom. The Kier molecular flexibility index (Phi) is 4.83. The first-order valence-corrected chi connectivity index (χ1v) is 8.41. The van der Waals surface area contributed by atoms with Crippen molar-refractivity contribution in [1.29, 1.82) is 0 Å². The second-order valence-electron chi connectivity index (χ2n) is 8.03. The summed E-state index contributed by atoms with van der Waals surface area (Å²) < 4.78 is 5.92. The summed E-state index contributed by atoms with van der Waals surface area (Å²) >= 11 is 0. The van der Waals surface area contributed by atoms with Gasteiger partial charge in [-0.3, -0.25) is 4.90 Å². The minimum atomic E-state index is 0.0396. The number of ether oxygens (including phenoxy) is 1. The molecule has 20 heavy (non-hydrogen) atoms. The van der Waals surface area contributed by atoms with Crippen molar-refractivity contribution >= 4 is 0 Å². The maximum atomic E-state index is 5.92. The lowest BCUT2D eigenvalue weighted by atomic mass is 9.85. The molecule has 2 aliphatic heterocycles. The van der Waals surface area contributed by atoms with E-state index in [1.54, 1.807) is 0 Å². The number of rotatable bonds is 3. The third-order valence-electron chi connectivity index (χ3n) is 5.39. The topological polar surface area (TPSA) is 24.5 Å². The van der Waals surface area contributed by atoms with Crippen LogP contribution in [0, 0.1) is 5.92 Å². The molecule has 2 saturated heterocycles. The van der Waals surface area contributed by atoms with E-state index in [4.69, 9.17) is 4.74 Å². The molecule has 0 aromatic rings. The highest BCUT2D eigenvalue weighted by atomic mass is 16.5. The Balaban J connectivity index is 2.14. The summed E-state index contributed by atoms with van der Waals surface area (Å²) in [5, 5.41) is 3.79. The van der Waals surface area contributed by atoms with Crippen molar-refractivity contribution in [3.63, 3.8) is 0 Å². The lowest BCUT2D eigenvalue weighted by Gasteiger charge is -2.53. The van der Waals surface area contributed by atoms with Gasteiger partial charge in [-0.2, -0.15) is 0 Å². The average molecular weight is 282 g/mol. The van der Waals surface area contributed by atoms with Crippen LogP contribution in [0.1, 0.15) is 60.8 Å². The van der Waals surface area contributed by atoms with Gasteiger partial charge in [0.25, 0.3) is 0 Å². The molecule has 3 nitrogen and oxygen atoms in total. The largest absolute Gasteiger partial charge is 0.375 e. The lowest BCUT2D eigenvalue weighted by Crippen LogP contribution is -2.67. The first-order chi connectivity index (χ1) is 9.26. The Morgan fingerprint density at radius 2 is 2.00 bits per heavy atom. The fraction of sp³-hybridized carbons (Fsp3) is 1.00. The summed E-state index contributed by atoms with van der Waals surface area (Å²) in [4.78, 5) is 2.80. The van der Waals surface area contributed by atoms with E-state index in [0.717, 1.165) is 19.6 Å². The monoisotopic (exact) mass is 282 g/mol. The van der Waals surface area contributed by atoms with Crippen LogP contribution in [-0.4, -0.2) is 47.8 Å². The molecule has 3 unspecified atom stereocenters. The first kappa shape index (κ1) is 16.3. The number of hydrogen-bond acceptors (Lipinski definition) is 3. The molecule has 2 heterocycles. The van der Waals surface area contributed by atoms with Gasteiger partial charge in [0.15, 0.2) is 0 Å². The Hall–Kier alpha value is -0.120. The van der Waals surface area contributed by atoms with Crippen LogP contribution in [0.5, 0.6) is 0 Å². The summed E-state index contributed by atoms with van der Waals surface area (Å²) in [6.45, 7) is 17.1. The predicted octanol–water partition coefficient (Wildman–Crippen LogP) is 3.04. The molecule has 0 spiro atoms. The number of piperazine rings is 1.